The Hall–Kier alpha value is -1.51. The molecule has 0 amide bonds. The van der Waals surface area contributed by atoms with Crippen molar-refractivity contribution in [3.63, 3.8) is 0 Å². The summed E-state index contributed by atoms with van der Waals surface area (Å²) in [4.78, 5) is 11.6. The molecule has 3 nitrogen and oxygen atoms in total. The molecular formula is C12H14O3. The van der Waals surface area contributed by atoms with E-state index in [2.05, 4.69) is 6.92 Å². The molecule has 1 aromatic carbocycles. The molecule has 0 saturated heterocycles. The van der Waals surface area contributed by atoms with Gasteiger partial charge in [-0.15, -0.1) is 0 Å². The second kappa shape index (κ2) is 3.93. The molecule has 0 radical (unpaired) electrons. The minimum absolute atomic E-state index is 0.0753. The number of hydrogen-bond donors (Lipinski definition) is 1. The van der Waals surface area contributed by atoms with Crippen LogP contribution in [0, 0.1) is 5.92 Å². The molecule has 15 heavy (non-hydrogen) atoms. The van der Waals surface area contributed by atoms with E-state index in [4.69, 9.17) is 9.84 Å². The summed E-state index contributed by atoms with van der Waals surface area (Å²) in [5, 5.41) is 9.07. The first-order chi connectivity index (χ1) is 7.16. The number of phenolic OH excluding ortho intramolecular Hbond substituents is 1. The van der Waals surface area contributed by atoms with Gasteiger partial charge in [0.25, 0.3) is 0 Å². The third-order valence-electron chi connectivity index (χ3n) is 2.90. The highest BCUT2D eigenvalue weighted by atomic mass is 16.5. The molecule has 1 N–H and O–H groups in total. The van der Waals surface area contributed by atoms with Crippen LogP contribution in [-0.2, 0) is 4.74 Å². The third kappa shape index (κ3) is 2.12. The van der Waals surface area contributed by atoms with Crippen molar-refractivity contribution in [3.05, 3.63) is 29.8 Å². The fourth-order valence-electron chi connectivity index (χ4n) is 1.61. The lowest BCUT2D eigenvalue weighted by atomic mass is 9.83. The van der Waals surface area contributed by atoms with Crippen molar-refractivity contribution in [1.29, 1.82) is 0 Å². The summed E-state index contributed by atoms with van der Waals surface area (Å²) in [7, 11) is 0. The van der Waals surface area contributed by atoms with Crippen molar-refractivity contribution >= 4 is 5.97 Å². The van der Waals surface area contributed by atoms with Crippen LogP contribution in [0.25, 0.3) is 0 Å². The maximum atomic E-state index is 11.6. The Morgan fingerprint density at radius 3 is 2.47 bits per heavy atom. The van der Waals surface area contributed by atoms with Crippen molar-refractivity contribution in [2.45, 2.75) is 25.9 Å². The van der Waals surface area contributed by atoms with Crippen LogP contribution in [0.3, 0.4) is 0 Å². The van der Waals surface area contributed by atoms with E-state index in [0.29, 0.717) is 11.5 Å². The molecule has 0 heterocycles. The Bertz CT molecular complexity index is 356. The van der Waals surface area contributed by atoms with Crippen molar-refractivity contribution < 1.29 is 14.6 Å². The number of ether oxygens (including phenoxy) is 1. The first-order valence-corrected chi connectivity index (χ1v) is 5.17. The lowest BCUT2D eigenvalue weighted by molar-refractivity contribution is -0.0167. The van der Waals surface area contributed by atoms with E-state index in [1.54, 1.807) is 12.1 Å². The zero-order valence-corrected chi connectivity index (χ0v) is 8.64. The van der Waals surface area contributed by atoms with Gasteiger partial charge < -0.3 is 9.84 Å². The monoisotopic (exact) mass is 206 g/mol. The van der Waals surface area contributed by atoms with E-state index in [1.165, 1.54) is 12.1 Å². The summed E-state index contributed by atoms with van der Waals surface area (Å²) in [5.74, 6) is 0.334. The van der Waals surface area contributed by atoms with Gasteiger partial charge in [0.15, 0.2) is 0 Å². The quantitative estimate of drug-likeness (QED) is 0.755. The minimum atomic E-state index is -0.299. The molecule has 3 heteroatoms. The first kappa shape index (κ1) is 10.0. The molecule has 80 valence electrons. The highest BCUT2D eigenvalue weighted by Crippen LogP contribution is 2.30. The summed E-state index contributed by atoms with van der Waals surface area (Å²) < 4.78 is 5.30. The van der Waals surface area contributed by atoms with E-state index >= 15 is 0 Å². The van der Waals surface area contributed by atoms with Crippen LogP contribution in [0.1, 0.15) is 30.1 Å². The number of esters is 1. The van der Waals surface area contributed by atoms with Gasteiger partial charge in [0.2, 0.25) is 0 Å². The van der Waals surface area contributed by atoms with E-state index in [9.17, 15) is 4.79 Å². The SMILES string of the molecule is CC1CCC1OC(=O)c1ccc(O)cc1. The average Bonchev–Trinajstić information content (AvgIpc) is 2.24. The van der Waals surface area contributed by atoms with Crippen molar-refractivity contribution in [2.75, 3.05) is 0 Å². The van der Waals surface area contributed by atoms with Gasteiger partial charge in [-0.2, -0.15) is 0 Å². The van der Waals surface area contributed by atoms with Crippen molar-refractivity contribution in [1.82, 2.24) is 0 Å². The van der Waals surface area contributed by atoms with E-state index < -0.39 is 0 Å². The van der Waals surface area contributed by atoms with Crippen molar-refractivity contribution in [3.8, 4) is 5.75 Å². The number of aromatic hydroxyl groups is 1. The number of phenols is 1. The minimum Gasteiger partial charge on any atom is -0.508 e. The molecule has 1 saturated carbocycles. The largest absolute Gasteiger partial charge is 0.508 e. The molecule has 2 rings (SSSR count). The molecule has 0 spiro atoms. The Kier molecular flexibility index (Phi) is 2.62. The fraction of sp³-hybridized carbons (Fsp3) is 0.417. The van der Waals surface area contributed by atoms with Gasteiger partial charge in [0.05, 0.1) is 5.56 Å². The fourth-order valence-corrected chi connectivity index (χ4v) is 1.61. The summed E-state index contributed by atoms with van der Waals surface area (Å²) in [6, 6.07) is 6.11. The number of carbonyl (C=O) groups excluding carboxylic acids is 1. The summed E-state index contributed by atoms with van der Waals surface area (Å²) in [5.41, 5.74) is 0.493. The highest BCUT2D eigenvalue weighted by molar-refractivity contribution is 5.89. The van der Waals surface area contributed by atoms with Crippen LogP contribution < -0.4 is 0 Å². The molecule has 1 aliphatic rings. The van der Waals surface area contributed by atoms with Crippen molar-refractivity contribution in [2.24, 2.45) is 5.92 Å². The Balaban J connectivity index is 1.98. The van der Waals surface area contributed by atoms with Crippen LogP contribution in [0.15, 0.2) is 24.3 Å². The molecule has 0 aromatic heterocycles. The van der Waals surface area contributed by atoms with Crippen LogP contribution in [0.4, 0.5) is 0 Å². The third-order valence-corrected chi connectivity index (χ3v) is 2.90. The second-order valence-corrected chi connectivity index (χ2v) is 4.05. The highest BCUT2D eigenvalue weighted by Gasteiger charge is 2.30. The molecular weight excluding hydrogens is 192 g/mol. The number of benzene rings is 1. The van der Waals surface area contributed by atoms with Gasteiger partial charge in [-0.3, -0.25) is 0 Å². The lowest BCUT2D eigenvalue weighted by Gasteiger charge is -2.32. The van der Waals surface area contributed by atoms with Gasteiger partial charge >= 0.3 is 5.97 Å². The van der Waals surface area contributed by atoms with Gasteiger partial charge in [0, 0.05) is 0 Å². The first-order valence-electron chi connectivity index (χ1n) is 5.17. The van der Waals surface area contributed by atoms with E-state index in [0.717, 1.165) is 12.8 Å². The summed E-state index contributed by atoms with van der Waals surface area (Å²) in [6.45, 7) is 2.08. The summed E-state index contributed by atoms with van der Waals surface area (Å²) in [6.07, 6.45) is 2.17. The number of carbonyl (C=O) groups is 1. The van der Waals surface area contributed by atoms with Crippen LogP contribution in [0.5, 0.6) is 5.75 Å². The van der Waals surface area contributed by atoms with Gasteiger partial charge in [-0.1, -0.05) is 6.92 Å². The predicted molar refractivity (Wildman–Crippen MR) is 55.7 cm³/mol. The van der Waals surface area contributed by atoms with Gasteiger partial charge in [-0.05, 0) is 43.0 Å². The van der Waals surface area contributed by atoms with E-state index in [-0.39, 0.29) is 17.8 Å². The van der Waals surface area contributed by atoms with Crippen LogP contribution in [-0.4, -0.2) is 17.2 Å². The number of rotatable bonds is 2. The zero-order chi connectivity index (χ0) is 10.8. The van der Waals surface area contributed by atoms with Crippen LogP contribution >= 0.6 is 0 Å². The molecule has 1 fully saturated rings. The predicted octanol–water partition coefficient (Wildman–Crippen LogP) is 2.35. The Morgan fingerprint density at radius 2 is 2.00 bits per heavy atom. The Morgan fingerprint density at radius 1 is 1.33 bits per heavy atom. The Labute approximate surface area is 88.7 Å². The lowest BCUT2D eigenvalue weighted by Crippen LogP contribution is -2.33. The average molecular weight is 206 g/mol. The molecule has 0 aliphatic heterocycles. The van der Waals surface area contributed by atoms with Crippen LogP contribution in [0.2, 0.25) is 0 Å². The molecule has 0 bridgehead atoms. The standard InChI is InChI=1S/C12H14O3/c1-8-2-7-11(8)15-12(14)9-3-5-10(13)6-4-9/h3-6,8,11,13H,2,7H2,1H3. The smallest absolute Gasteiger partial charge is 0.338 e. The second-order valence-electron chi connectivity index (χ2n) is 4.05. The maximum absolute atomic E-state index is 11.6. The normalized spacial score (nSPS) is 24.3. The topological polar surface area (TPSA) is 46.5 Å². The molecule has 1 aliphatic carbocycles. The maximum Gasteiger partial charge on any atom is 0.338 e. The number of hydrogen-bond acceptors (Lipinski definition) is 3. The van der Waals surface area contributed by atoms with Gasteiger partial charge in [-0.25, -0.2) is 4.79 Å². The molecule has 1 aromatic rings. The molecule has 2 atom stereocenters. The zero-order valence-electron chi connectivity index (χ0n) is 8.64. The van der Waals surface area contributed by atoms with Gasteiger partial charge in [0.1, 0.15) is 11.9 Å². The molecule has 2 unspecified atom stereocenters. The van der Waals surface area contributed by atoms with E-state index in [1.807, 2.05) is 0 Å². The summed E-state index contributed by atoms with van der Waals surface area (Å²) >= 11 is 0.